The van der Waals surface area contributed by atoms with E-state index in [-0.39, 0.29) is 35.1 Å². The maximum atomic E-state index is 14.8. The number of hydrogen-bond donors (Lipinski definition) is 2. The van der Waals surface area contributed by atoms with Gasteiger partial charge in [-0.1, -0.05) is 54.6 Å². The van der Waals surface area contributed by atoms with E-state index in [1.807, 2.05) is 29.0 Å². The number of nitrogens with one attached hydrogen (secondary N) is 1. The highest BCUT2D eigenvalue weighted by atomic mass is 19.1. The summed E-state index contributed by atoms with van der Waals surface area (Å²) in [5, 5.41) is 12.7. The number of carbonyl (C=O) groups excluding carboxylic acids is 1. The molecule has 1 amide bonds. The lowest BCUT2D eigenvalue weighted by Gasteiger charge is -2.56. The molecule has 0 bridgehead atoms. The monoisotopic (exact) mass is 496 g/mol. The molecule has 2 aliphatic rings. The van der Waals surface area contributed by atoms with E-state index in [1.165, 1.54) is 6.07 Å². The zero-order valence-corrected chi connectivity index (χ0v) is 20.7. The molecule has 0 aliphatic heterocycles. The Morgan fingerprint density at radius 3 is 2.30 bits per heavy atom. The van der Waals surface area contributed by atoms with Crippen molar-refractivity contribution in [2.24, 2.45) is 11.3 Å². The van der Waals surface area contributed by atoms with E-state index in [4.69, 9.17) is 5.11 Å². The van der Waals surface area contributed by atoms with E-state index in [1.54, 1.807) is 12.1 Å². The van der Waals surface area contributed by atoms with Gasteiger partial charge in [0.25, 0.3) is 5.91 Å². The van der Waals surface area contributed by atoms with Crippen molar-refractivity contribution in [1.29, 1.82) is 0 Å². The average Bonchev–Trinajstić information content (AvgIpc) is 3.31. The maximum Gasteiger partial charge on any atom is 0.306 e. The first-order valence-corrected chi connectivity index (χ1v) is 12.8. The van der Waals surface area contributed by atoms with Gasteiger partial charge < -0.3 is 15.0 Å². The molecule has 2 N–H and O–H groups in total. The Hall–Kier alpha value is -3.93. The molecule has 6 rings (SSSR count). The second-order valence-electron chi connectivity index (χ2n) is 10.8. The summed E-state index contributed by atoms with van der Waals surface area (Å²) in [5.74, 6) is -1.55. The van der Waals surface area contributed by atoms with E-state index in [0.29, 0.717) is 29.3 Å². The second-order valence-corrected chi connectivity index (χ2v) is 10.8. The van der Waals surface area contributed by atoms with E-state index in [9.17, 15) is 14.0 Å². The summed E-state index contributed by atoms with van der Waals surface area (Å²) in [6.07, 6.45) is 4.84. The minimum absolute atomic E-state index is 0.0220. The number of nitrogens with zero attached hydrogens (tertiary/aromatic N) is 1. The minimum atomic E-state index is -0.726. The summed E-state index contributed by atoms with van der Waals surface area (Å²) in [5.41, 5.74) is 4.44. The van der Waals surface area contributed by atoms with E-state index in [2.05, 4.69) is 48.6 Å². The minimum Gasteiger partial charge on any atom is -0.481 e. The molecule has 1 spiro atoms. The molecule has 2 aliphatic carbocycles. The highest BCUT2D eigenvalue weighted by molar-refractivity contribution is 6.06. The molecule has 2 fully saturated rings. The summed E-state index contributed by atoms with van der Waals surface area (Å²) < 4.78 is 16.7. The summed E-state index contributed by atoms with van der Waals surface area (Å²) >= 11 is 0. The van der Waals surface area contributed by atoms with Gasteiger partial charge in [0.15, 0.2) is 0 Å². The van der Waals surface area contributed by atoms with Crippen LogP contribution in [0.5, 0.6) is 0 Å². The number of carboxylic acid groups (broad SMARTS) is 1. The Labute approximate surface area is 214 Å². The molecule has 37 heavy (non-hydrogen) atoms. The fraction of sp³-hybridized carbons (Fsp3) is 0.290. The average molecular weight is 497 g/mol. The van der Waals surface area contributed by atoms with Crippen molar-refractivity contribution in [2.75, 3.05) is 0 Å². The van der Waals surface area contributed by atoms with Crippen LogP contribution in [0.3, 0.4) is 0 Å². The molecular formula is C31H29FN2O3. The molecule has 0 unspecified atom stereocenters. The Kier molecular flexibility index (Phi) is 5.63. The fourth-order valence-corrected chi connectivity index (χ4v) is 6.35. The summed E-state index contributed by atoms with van der Waals surface area (Å²) in [6.45, 7) is 2.05. The van der Waals surface area contributed by atoms with Gasteiger partial charge in [0.05, 0.1) is 23.0 Å². The normalized spacial score (nSPS) is 23.3. The van der Waals surface area contributed by atoms with Crippen LogP contribution >= 0.6 is 0 Å². The fourth-order valence-electron chi connectivity index (χ4n) is 6.35. The standard InChI is InChI=1S/C31H29FN2O3/c1-19(20-7-9-22(10-8-20)21-5-3-2-4-6-21)34-14-13-25-27(32)12-11-26(28(25)34)29(35)33-24-17-31(18-24)15-23(16-31)30(36)37/h2-14,19,23-24H,15-18H2,1H3,(H,33,35)(H,36,37)/t19-,23?,24?,31?/m0/s1. The van der Waals surface area contributed by atoms with Gasteiger partial charge in [0.1, 0.15) is 5.82 Å². The highest BCUT2D eigenvalue weighted by Gasteiger charge is 2.55. The molecular weight excluding hydrogens is 467 g/mol. The number of halogens is 1. The van der Waals surface area contributed by atoms with Crippen LogP contribution in [0, 0.1) is 17.2 Å². The molecule has 2 saturated carbocycles. The number of benzene rings is 3. The Morgan fingerprint density at radius 2 is 1.62 bits per heavy atom. The number of hydrogen-bond acceptors (Lipinski definition) is 2. The van der Waals surface area contributed by atoms with Crippen molar-refractivity contribution >= 4 is 22.8 Å². The zero-order valence-electron chi connectivity index (χ0n) is 20.7. The van der Waals surface area contributed by atoms with Crippen molar-refractivity contribution in [1.82, 2.24) is 9.88 Å². The first kappa shape index (κ1) is 23.5. The first-order chi connectivity index (χ1) is 17.8. The van der Waals surface area contributed by atoms with Crippen molar-refractivity contribution in [3.8, 4) is 11.1 Å². The number of fused-ring (bicyclic) bond motifs is 1. The third kappa shape index (κ3) is 4.10. The molecule has 1 atom stereocenters. The Bertz CT molecular complexity index is 1480. The summed E-state index contributed by atoms with van der Waals surface area (Å²) in [6, 6.07) is 23.1. The van der Waals surface area contributed by atoms with Gasteiger partial charge in [0.2, 0.25) is 0 Å². The van der Waals surface area contributed by atoms with Crippen LogP contribution in [0.25, 0.3) is 22.0 Å². The predicted octanol–water partition coefficient (Wildman–Crippen LogP) is 6.43. The molecule has 3 aromatic carbocycles. The molecule has 0 saturated heterocycles. The van der Waals surface area contributed by atoms with Crippen molar-refractivity contribution in [3.05, 3.63) is 95.9 Å². The lowest BCUT2D eigenvalue weighted by molar-refractivity contribution is -0.155. The number of rotatable bonds is 6. The number of amides is 1. The van der Waals surface area contributed by atoms with Crippen LogP contribution in [-0.2, 0) is 4.79 Å². The van der Waals surface area contributed by atoms with Gasteiger partial charge in [-0.2, -0.15) is 0 Å². The molecule has 1 heterocycles. The molecule has 188 valence electrons. The Balaban J connectivity index is 1.23. The number of carboxylic acids is 1. The van der Waals surface area contributed by atoms with Crippen LogP contribution < -0.4 is 5.32 Å². The Morgan fingerprint density at radius 1 is 0.946 bits per heavy atom. The number of aromatic nitrogens is 1. The van der Waals surface area contributed by atoms with Gasteiger partial charge >= 0.3 is 5.97 Å². The lowest BCUT2D eigenvalue weighted by Crippen LogP contribution is -2.57. The largest absolute Gasteiger partial charge is 0.481 e. The molecule has 4 aromatic rings. The van der Waals surface area contributed by atoms with Crippen LogP contribution in [0.15, 0.2) is 79.0 Å². The van der Waals surface area contributed by atoms with Crippen LogP contribution in [-0.4, -0.2) is 27.6 Å². The van der Waals surface area contributed by atoms with E-state index in [0.717, 1.165) is 29.5 Å². The summed E-state index contributed by atoms with van der Waals surface area (Å²) in [7, 11) is 0. The quantitative estimate of drug-likeness (QED) is 0.323. The zero-order chi connectivity index (χ0) is 25.7. The van der Waals surface area contributed by atoms with Crippen molar-refractivity contribution < 1.29 is 19.1 Å². The topological polar surface area (TPSA) is 71.3 Å². The molecule has 5 nitrogen and oxygen atoms in total. The molecule has 1 aromatic heterocycles. The van der Waals surface area contributed by atoms with Gasteiger partial charge in [-0.15, -0.1) is 0 Å². The van der Waals surface area contributed by atoms with Crippen molar-refractivity contribution in [3.63, 3.8) is 0 Å². The smallest absolute Gasteiger partial charge is 0.306 e. The second kappa shape index (κ2) is 8.87. The van der Waals surface area contributed by atoms with Gasteiger partial charge in [-0.3, -0.25) is 9.59 Å². The van der Waals surface area contributed by atoms with Crippen LogP contribution in [0.4, 0.5) is 4.39 Å². The number of aliphatic carboxylic acids is 1. The maximum absolute atomic E-state index is 14.8. The van der Waals surface area contributed by atoms with Gasteiger partial charge in [-0.05, 0) is 72.9 Å². The van der Waals surface area contributed by atoms with Crippen LogP contribution in [0.2, 0.25) is 0 Å². The van der Waals surface area contributed by atoms with Gasteiger partial charge in [-0.25, -0.2) is 4.39 Å². The van der Waals surface area contributed by atoms with Gasteiger partial charge in [0, 0.05) is 17.6 Å². The predicted molar refractivity (Wildman–Crippen MR) is 141 cm³/mol. The van der Waals surface area contributed by atoms with E-state index < -0.39 is 5.97 Å². The van der Waals surface area contributed by atoms with Crippen molar-refractivity contribution in [2.45, 2.75) is 44.7 Å². The first-order valence-electron chi connectivity index (χ1n) is 12.8. The summed E-state index contributed by atoms with van der Waals surface area (Å²) in [4.78, 5) is 24.5. The number of carbonyl (C=O) groups is 2. The third-order valence-electron chi connectivity index (χ3n) is 8.39. The lowest BCUT2D eigenvalue weighted by atomic mass is 9.50. The SMILES string of the molecule is C[C@@H](c1ccc(-c2ccccc2)cc1)n1ccc2c(F)ccc(C(=O)NC3CC4(C3)CC(C(=O)O)C4)c21. The molecule has 0 radical (unpaired) electrons. The third-order valence-corrected chi connectivity index (χ3v) is 8.39. The van der Waals surface area contributed by atoms with Crippen LogP contribution in [0.1, 0.15) is 54.6 Å². The highest BCUT2D eigenvalue weighted by Crippen LogP contribution is 2.58. The molecule has 6 heteroatoms. The van der Waals surface area contributed by atoms with E-state index >= 15 is 0 Å².